The van der Waals surface area contributed by atoms with Gasteiger partial charge in [-0.15, -0.1) is 0 Å². The third-order valence-electron chi connectivity index (χ3n) is 0.727. The van der Waals surface area contributed by atoms with E-state index in [1.165, 1.54) is 14.2 Å². The van der Waals surface area contributed by atoms with Gasteiger partial charge in [0.05, 0.1) is 0 Å². The maximum Gasteiger partial charge on any atom is 0.221 e. The molecule has 0 aromatic heterocycles. The molecule has 0 atom stereocenters. The number of hydrogen-bond donors (Lipinski definition) is 1. The molecule has 0 amide bonds. The van der Waals surface area contributed by atoms with Gasteiger partial charge >= 0.3 is 0 Å². The zero-order chi connectivity index (χ0) is 7.11. The minimum Gasteiger partial charge on any atom is -0.384 e. The van der Waals surface area contributed by atoms with Crippen molar-refractivity contribution >= 4 is 0 Å². The molecule has 52 valence electrons. The van der Waals surface area contributed by atoms with Crippen molar-refractivity contribution < 1.29 is 14.6 Å². The molecule has 0 saturated carbocycles. The predicted molar refractivity (Wildman–Crippen MR) is 32.7 cm³/mol. The van der Waals surface area contributed by atoms with Gasteiger partial charge in [-0.2, -0.15) is 0 Å². The Balaban J connectivity index is 3.54. The fourth-order valence-electron chi connectivity index (χ4n) is 0.343. The summed E-state index contributed by atoms with van der Waals surface area (Å²) in [5, 5.41) is 8.22. The standard InChI is InChI=1S/C6H10O3/c1-8-6(9-2)4-3-5-7/h6-7H,5H2,1-2H3. The minimum absolute atomic E-state index is 0.163. The van der Waals surface area contributed by atoms with Crippen molar-refractivity contribution in [3.63, 3.8) is 0 Å². The van der Waals surface area contributed by atoms with E-state index in [1.54, 1.807) is 0 Å². The molecule has 3 nitrogen and oxygen atoms in total. The van der Waals surface area contributed by atoms with E-state index in [0.717, 1.165) is 0 Å². The molecule has 0 aromatic carbocycles. The maximum absolute atomic E-state index is 8.22. The fraction of sp³-hybridized carbons (Fsp3) is 0.667. The molecule has 0 bridgehead atoms. The van der Waals surface area contributed by atoms with E-state index in [9.17, 15) is 0 Å². The quantitative estimate of drug-likeness (QED) is 0.408. The Morgan fingerprint density at radius 3 is 2.33 bits per heavy atom. The molecule has 9 heavy (non-hydrogen) atoms. The molecule has 1 N–H and O–H groups in total. The summed E-state index contributed by atoms with van der Waals surface area (Å²) in [5.74, 6) is 4.93. The molecule has 0 spiro atoms. The van der Waals surface area contributed by atoms with Crippen molar-refractivity contribution in [2.75, 3.05) is 20.8 Å². The molecule has 0 fully saturated rings. The third kappa shape index (κ3) is 3.98. The number of aliphatic hydroxyl groups is 1. The van der Waals surface area contributed by atoms with Crippen LogP contribution in [0.5, 0.6) is 0 Å². The van der Waals surface area contributed by atoms with Crippen LogP contribution in [0, 0.1) is 11.8 Å². The lowest BCUT2D eigenvalue weighted by Crippen LogP contribution is -2.09. The first-order valence-electron chi connectivity index (χ1n) is 2.50. The molecule has 3 heteroatoms. The molecule has 0 unspecified atom stereocenters. The molecule has 0 rings (SSSR count). The van der Waals surface area contributed by atoms with Crippen molar-refractivity contribution in [3.05, 3.63) is 0 Å². The monoisotopic (exact) mass is 130 g/mol. The summed E-state index contributed by atoms with van der Waals surface area (Å²) in [6.07, 6.45) is -0.517. The smallest absolute Gasteiger partial charge is 0.221 e. The Bertz CT molecular complexity index is 107. The highest BCUT2D eigenvalue weighted by Crippen LogP contribution is 1.85. The van der Waals surface area contributed by atoms with E-state index < -0.39 is 6.29 Å². The Kier molecular flexibility index (Phi) is 5.23. The van der Waals surface area contributed by atoms with E-state index >= 15 is 0 Å². The zero-order valence-corrected chi connectivity index (χ0v) is 5.55. The second kappa shape index (κ2) is 5.57. The SMILES string of the molecule is COC(C#CCO)OC. The number of aliphatic hydroxyl groups excluding tert-OH is 1. The van der Waals surface area contributed by atoms with Gasteiger partial charge in [0.15, 0.2) is 0 Å². The lowest BCUT2D eigenvalue weighted by Gasteiger charge is -2.03. The fourth-order valence-corrected chi connectivity index (χ4v) is 0.343. The van der Waals surface area contributed by atoms with Crippen molar-refractivity contribution in [2.24, 2.45) is 0 Å². The average Bonchev–Trinajstić information content (AvgIpc) is 1.91. The first kappa shape index (κ1) is 8.44. The van der Waals surface area contributed by atoms with Gasteiger partial charge in [0.25, 0.3) is 0 Å². The molecule has 0 aliphatic carbocycles. The molecule has 0 heterocycles. The Morgan fingerprint density at radius 2 is 2.00 bits per heavy atom. The highest BCUT2D eigenvalue weighted by atomic mass is 16.7. The number of ether oxygens (including phenoxy) is 2. The van der Waals surface area contributed by atoms with Crippen LogP contribution >= 0.6 is 0 Å². The lowest BCUT2D eigenvalue weighted by atomic mass is 10.6. The van der Waals surface area contributed by atoms with Crippen LogP contribution < -0.4 is 0 Å². The van der Waals surface area contributed by atoms with Crippen molar-refractivity contribution in [2.45, 2.75) is 6.29 Å². The van der Waals surface area contributed by atoms with Crippen LogP contribution in [-0.2, 0) is 9.47 Å². The van der Waals surface area contributed by atoms with Crippen LogP contribution in [0.4, 0.5) is 0 Å². The van der Waals surface area contributed by atoms with E-state index in [2.05, 4.69) is 11.8 Å². The number of hydrogen-bond acceptors (Lipinski definition) is 3. The number of rotatable bonds is 2. The summed E-state index contributed by atoms with van der Waals surface area (Å²) < 4.78 is 9.39. The number of methoxy groups -OCH3 is 2. The first-order chi connectivity index (χ1) is 4.35. The van der Waals surface area contributed by atoms with Crippen LogP contribution in [0.1, 0.15) is 0 Å². The van der Waals surface area contributed by atoms with Gasteiger partial charge in [-0.1, -0.05) is 5.92 Å². The molecular weight excluding hydrogens is 120 g/mol. The first-order valence-corrected chi connectivity index (χ1v) is 2.50. The average molecular weight is 130 g/mol. The highest BCUT2D eigenvalue weighted by Gasteiger charge is 1.94. The maximum atomic E-state index is 8.22. The summed E-state index contributed by atoms with van der Waals surface area (Å²) in [6.45, 7) is -0.163. The van der Waals surface area contributed by atoms with Crippen molar-refractivity contribution in [1.29, 1.82) is 0 Å². The highest BCUT2D eigenvalue weighted by molar-refractivity contribution is 5.01. The summed E-state index contributed by atoms with van der Waals surface area (Å²) in [5.41, 5.74) is 0. The summed E-state index contributed by atoms with van der Waals surface area (Å²) in [7, 11) is 2.97. The van der Waals surface area contributed by atoms with Gasteiger partial charge in [-0.25, -0.2) is 0 Å². The molecular formula is C6H10O3. The van der Waals surface area contributed by atoms with Gasteiger partial charge in [0.2, 0.25) is 6.29 Å². The van der Waals surface area contributed by atoms with Gasteiger partial charge in [-0.3, -0.25) is 0 Å². The minimum atomic E-state index is -0.517. The van der Waals surface area contributed by atoms with E-state index in [-0.39, 0.29) is 6.61 Å². The van der Waals surface area contributed by atoms with Crippen LogP contribution in [0.15, 0.2) is 0 Å². The Labute approximate surface area is 54.6 Å². The van der Waals surface area contributed by atoms with Crippen LogP contribution in [-0.4, -0.2) is 32.2 Å². The molecule has 0 aliphatic heterocycles. The molecule has 0 saturated heterocycles. The third-order valence-corrected chi connectivity index (χ3v) is 0.727. The lowest BCUT2D eigenvalue weighted by molar-refractivity contribution is -0.0596. The molecule has 0 aliphatic rings. The Morgan fingerprint density at radius 1 is 1.44 bits per heavy atom. The van der Waals surface area contributed by atoms with Gasteiger partial charge in [-0.05, 0) is 5.92 Å². The molecule has 0 radical (unpaired) electrons. The largest absolute Gasteiger partial charge is 0.384 e. The van der Waals surface area contributed by atoms with E-state index in [1.807, 2.05) is 0 Å². The van der Waals surface area contributed by atoms with Gasteiger partial charge in [0, 0.05) is 14.2 Å². The van der Waals surface area contributed by atoms with E-state index in [4.69, 9.17) is 14.6 Å². The van der Waals surface area contributed by atoms with Crippen LogP contribution in [0.2, 0.25) is 0 Å². The van der Waals surface area contributed by atoms with Crippen LogP contribution in [0.3, 0.4) is 0 Å². The second-order valence-electron chi connectivity index (χ2n) is 1.28. The zero-order valence-electron chi connectivity index (χ0n) is 5.55. The topological polar surface area (TPSA) is 38.7 Å². The normalized spacial score (nSPS) is 8.89. The van der Waals surface area contributed by atoms with Crippen LogP contribution in [0.25, 0.3) is 0 Å². The summed E-state index contributed by atoms with van der Waals surface area (Å²) >= 11 is 0. The van der Waals surface area contributed by atoms with Gasteiger partial charge < -0.3 is 14.6 Å². The summed E-state index contributed by atoms with van der Waals surface area (Å²) in [4.78, 5) is 0. The molecule has 0 aromatic rings. The van der Waals surface area contributed by atoms with Crippen molar-refractivity contribution in [1.82, 2.24) is 0 Å². The van der Waals surface area contributed by atoms with Crippen molar-refractivity contribution in [3.8, 4) is 11.8 Å². The van der Waals surface area contributed by atoms with Gasteiger partial charge in [0.1, 0.15) is 6.61 Å². The predicted octanol–water partition coefficient (Wildman–Crippen LogP) is -0.399. The Hall–Kier alpha value is -0.560. The van der Waals surface area contributed by atoms with E-state index in [0.29, 0.717) is 0 Å². The summed E-state index contributed by atoms with van der Waals surface area (Å²) in [6, 6.07) is 0. The second-order valence-corrected chi connectivity index (χ2v) is 1.28.